The van der Waals surface area contributed by atoms with E-state index in [1.54, 1.807) is 60.7 Å². The molecular formula is C58H66N4O7S2. The van der Waals surface area contributed by atoms with Crippen LogP contribution in [0.25, 0.3) is 0 Å². The molecule has 0 spiro atoms. The zero-order chi connectivity index (χ0) is 51.5. The van der Waals surface area contributed by atoms with E-state index in [4.69, 9.17) is 26.0 Å². The lowest BCUT2D eigenvalue weighted by molar-refractivity contribution is 0.288. The van der Waals surface area contributed by atoms with Gasteiger partial charge in [-0.2, -0.15) is 0 Å². The normalized spacial score (nSPS) is 13.8. The number of fused-ring (bicyclic) bond motifs is 2. The van der Waals surface area contributed by atoms with Crippen LogP contribution in [0.5, 0.6) is 17.2 Å². The molecule has 2 aliphatic heterocycles. The summed E-state index contributed by atoms with van der Waals surface area (Å²) in [5.74, 6) is 2.15. The Bertz CT molecular complexity index is 3120. The first-order valence-corrected chi connectivity index (χ1v) is 26.5. The molecule has 0 aliphatic carbocycles. The fourth-order valence-electron chi connectivity index (χ4n) is 7.93. The number of phenols is 1. The molecule has 0 amide bonds. The summed E-state index contributed by atoms with van der Waals surface area (Å²) < 4.78 is 63.5. The van der Waals surface area contributed by atoms with Crippen LogP contribution in [0.2, 0.25) is 0 Å². The standard InChI is InChI=1S/C36H40N2O4S.C12H12N2O2S.C10H14O/c1-35(2,3)27-9-18-33-26(19-27)22-38(23-41-33)30-12-16-32(17-13-30)43(39,40)31-14-10-29(11-15-31)37-21-25-7-8-28(36(4,5)6)20-34(25)42-24-37;13-9-1-5-11(6-2-9)17(15,16)12-7-3-10(14)4-8-12;1-10(2,3)8-4-6-9(11)7-5-8/h7-20H,21-24H2,1-6H3;1-8H,13-14H2;4-7,11H,1-3H3. The Labute approximate surface area is 420 Å². The second-order valence-corrected chi connectivity index (χ2v) is 24.9. The molecule has 7 aromatic carbocycles. The number of hydrogen-bond acceptors (Lipinski definition) is 11. The molecule has 0 unspecified atom stereocenters. The van der Waals surface area contributed by atoms with Crippen LogP contribution in [-0.2, 0) is 49.0 Å². The minimum absolute atomic E-state index is 0.0506. The topological polar surface area (TPSA) is 165 Å². The molecule has 2 heterocycles. The molecule has 7 aromatic rings. The van der Waals surface area contributed by atoms with Crippen molar-refractivity contribution in [2.75, 3.05) is 34.7 Å². The summed E-state index contributed by atoms with van der Waals surface area (Å²) in [4.78, 5) is 5.19. The number of benzene rings is 7. The van der Waals surface area contributed by atoms with E-state index in [-0.39, 0.29) is 35.8 Å². The molecular weight excluding hydrogens is 929 g/mol. The van der Waals surface area contributed by atoms with Gasteiger partial charge >= 0.3 is 0 Å². The van der Waals surface area contributed by atoms with Gasteiger partial charge in [-0.25, -0.2) is 16.8 Å². The Morgan fingerprint density at radius 2 is 0.775 bits per heavy atom. The van der Waals surface area contributed by atoms with Gasteiger partial charge in [0.2, 0.25) is 19.7 Å². The van der Waals surface area contributed by atoms with Crippen LogP contribution in [0.15, 0.2) is 177 Å². The lowest BCUT2D eigenvalue weighted by Gasteiger charge is -2.32. The van der Waals surface area contributed by atoms with Crippen LogP contribution in [0, 0.1) is 0 Å². The number of nitrogens with two attached hydrogens (primary N) is 2. The van der Waals surface area contributed by atoms with Crippen molar-refractivity contribution in [3.05, 3.63) is 186 Å². The maximum atomic E-state index is 13.5. The zero-order valence-electron chi connectivity index (χ0n) is 42.1. The Morgan fingerprint density at radius 1 is 0.423 bits per heavy atom. The molecule has 0 saturated heterocycles. The smallest absolute Gasteiger partial charge is 0.206 e. The van der Waals surface area contributed by atoms with Gasteiger partial charge in [0.05, 0.1) is 19.6 Å². The highest BCUT2D eigenvalue weighted by Gasteiger charge is 2.25. The van der Waals surface area contributed by atoms with Crippen molar-refractivity contribution in [2.24, 2.45) is 0 Å². The van der Waals surface area contributed by atoms with Crippen LogP contribution in [-0.4, -0.2) is 35.4 Å². The highest BCUT2D eigenvalue weighted by molar-refractivity contribution is 7.91. The number of nitrogen functional groups attached to an aromatic ring is 2. The molecule has 13 heteroatoms. The molecule has 0 atom stereocenters. The molecule has 0 aromatic heterocycles. The minimum Gasteiger partial charge on any atom is -0.508 e. The average Bonchev–Trinajstić information content (AvgIpc) is 3.33. The monoisotopic (exact) mass is 994 g/mol. The van der Waals surface area contributed by atoms with E-state index in [1.807, 2.05) is 42.5 Å². The fourth-order valence-corrected chi connectivity index (χ4v) is 10.4. The fraction of sp³-hybridized carbons (Fsp3) is 0.276. The average molecular weight is 995 g/mol. The highest BCUT2D eigenvalue weighted by Crippen LogP contribution is 2.36. The number of sulfone groups is 2. The number of ether oxygens (including phenoxy) is 2. The predicted octanol–water partition coefficient (Wildman–Crippen LogP) is 12.2. The number of phenolic OH excluding ortho intramolecular Hbond substituents is 1. The van der Waals surface area contributed by atoms with Gasteiger partial charge in [-0.05, 0) is 160 Å². The SMILES string of the molecule is CC(C)(C)c1ccc(O)cc1.CC(C)(C)c1ccc2c(c1)CN(c1ccc(S(=O)(=O)c3ccc(N4COc5cc(C(C)(C)C)ccc5C4)cc3)cc1)CO2.Nc1ccc(S(=O)(=O)c2ccc(N)cc2)cc1. The van der Waals surface area contributed by atoms with Gasteiger partial charge < -0.3 is 35.8 Å². The van der Waals surface area contributed by atoms with E-state index < -0.39 is 19.7 Å². The van der Waals surface area contributed by atoms with E-state index in [9.17, 15) is 16.8 Å². The molecule has 0 radical (unpaired) electrons. The van der Waals surface area contributed by atoms with Crippen molar-refractivity contribution in [1.29, 1.82) is 0 Å². The minimum atomic E-state index is -3.67. The van der Waals surface area contributed by atoms with Crippen LogP contribution in [0.4, 0.5) is 22.7 Å². The molecule has 11 nitrogen and oxygen atoms in total. The van der Waals surface area contributed by atoms with E-state index >= 15 is 0 Å². The molecule has 2 aliphatic rings. The first-order chi connectivity index (χ1) is 33.3. The predicted molar refractivity (Wildman–Crippen MR) is 286 cm³/mol. The molecule has 9 rings (SSSR count). The summed E-state index contributed by atoms with van der Waals surface area (Å²) in [6.45, 7) is 21.9. The summed E-state index contributed by atoms with van der Waals surface area (Å²) in [5, 5.41) is 9.02. The second-order valence-electron chi connectivity index (χ2n) is 21.0. The highest BCUT2D eigenvalue weighted by atomic mass is 32.2. The molecule has 0 fully saturated rings. The van der Waals surface area contributed by atoms with E-state index in [2.05, 4.69) is 102 Å². The third kappa shape index (κ3) is 12.5. The van der Waals surface area contributed by atoms with Crippen LogP contribution >= 0.6 is 0 Å². The Kier molecular flexibility index (Phi) is 14.9. The third-order valence-corrected chi connectivity index (χ3v) is 16.0. The van der Waals surface area contributed by atoms with Crippen molar-refractivity contribution in [3.63, 3.8) is 0 Å². The lowest BCUT2D eigenvalue weighted by Crippen LogP contribution is -2.32. The molecule has 5 N–H and O–H groups in total. The zero-order valence-corrected chi connectivity index (χ0v) is 43.7. The number of nitrogens with zero attached hydrogens (tertiary/aromatic N) is 2. The van der Waals surface area contributed by atoms with E-state index in [0.29, 0.717) is 43.7 Å². The summed E-state index contributed by atoms with van der Waals surface area (Å²) in [6, 6.07) is 46.5. The summed E-state index contributed by atoms with van der Waals surface area (Å²) in [5.41, 5.74) is 20.2. The first kappa shape index (κ1) is 51.9. The van der Waals surface area contributed by atoms with Gasteiger partial charge in [-0.15, -0.1) is 0 Å². The number of anilines is 4. The Hall–Kier alpha value is -6.96. The molecule has 372 valence electrons. The van der Waals surface area contributed by atoms with Crippen molar-refractivity contribution in [1.82, 2.24) is 0 Å². The summed E-state index contributed by atoms with van der Waals surface area (Å²) in [6.07, 6.45) is 0. The number of rotatable bonds is 6. The number of hydrogen-bond donors (Lipinski definition) is 3. The van der Waals surface area contributed by atoms with Gasteiger partial charge in [0.15, 0.2) is 13.5 Å². The van der Waals surface area contributed by atoms with E-state index in [1.165, 1.54) is 41.0 Å². The van der Waals surface area contributed by atoms with Crippen LogP contribution < -0.4 is 30.7 Å². The van der Waals surface area contributed by atoms with Gasteiger partial charge in [0.1, 0.15) is 17.2 Å². The van der Waals surface area contributed by atoms with Gasteiger partial charge in [0.25, 0.3) is 0 Å². The Morgan fingerprint density at radius 3 is 1.20 bits per heavy atom. The van der Waals surface area contributed by atoms with Crippen LogP contribution in [0.3, 0.4) is 0 Å². The largest absolute Gasteiger partial charge is 0.508 e. The summed E-state index contributed by atoms with van der Waals surface area (Å²) >= 11 is 0. The maximum Gasteiger partial charge on any atom is 0.206 e. The molecule has 0 saturated carbocycles. The quantitative estimate of drug-likeness (QED) is 0.136. The van der Waals surface area contributed by atoms with Gasteiger partial charge in [-0.3, -0.25) is 0 Å². The van der Waals surface area contributed by atoms with Crippen molar-refractivity contribution in [3.8, 4) is 17.2 Å². The van der Waals surface area contributed by atoms with Gasteiger partial charge in [-0.1, -0.05) is 92.6 Å². The first-order valence-electron chi connectivity index (χ1n) is 23.5. The maximum absolute atomic E-state index is 13.5. The van der Waals surface area contributed by atoms with Gasteiger partial charge in [0, 0.05) is 47.0 Å². The summed E-state index contributed by atoms with van der Waals surface area (Å²) in [7, 11) is -7.16. The van der Waals surface area contributed by atoms with E-state index in [0.717, 1.165) is 34.0 Å². The number of aromatic hydroxyl groups is 1. The lowest BCUT2D eigenvalue weighted by atomic mass is 9.86. The molecule has 71 heavy (non-hydrogen) atoms. The van der Waals surface area contributed by atoms with Crippen molar-refractivity contribution < 1.29 is 31.4 Å². The van der Waals surface area contributed by atoms with Crippen LogP contribution in [0.1, 0.15) is 90.1 Å². The Balaban J connectivity index is 0.000000215. The molecule has 0 bridgehead atoms. The van der Waals surface area contributed by atoms with Crippen molar-refractivity contribution >= 4 is 42.4 Å². The van der Waals surface area contributed by atoms with Crippen molar-refractivity contribution in [2.45, 2.75) is 111 Å². The third-order valence-electron chi connectivity index (χ3n) is 12.5. The second kappa shape index (κ2) is 20.4.